The Kier molecular flexibility index (Phi) is 8.55. The molecule has 0 aromatic carbocycles. The summed E-state index contributed by atoms with van der Waals surface area (Å²) in [7, 11) is 0. The van der Waals surface area contributed by atoms with Crippen LogP contribution in [0.1, 0.15) is 60.3 Å². The summed E-state index contributed by atoms with van der Waals surface area (Å²) in [5, 5.41) is 11.7. The summed E-state index contributed by atoms with van der Waals surface area (Å²) >= 11 is 0. The van der Waals surface area contributed by atoms with Crippen molar-refractivity contribution in [3.63, 3.8) is 0 Å². The fraction of sp³-hybridized carbons (Fsp3) is 0.875. The molecule has 0 aromatic heterocycles. The number of nitrogens with one attached hydrogen (secondary N) is 1. The van der Waals surface area contributed by atoms with Gasteiger partial charge in [0.1, 0.15) is 0 Å². The van der Waals surface area contributed by atoms with E-state index in [0.29, 0.717) is 18.9 Å². The van der Waals surface area contributed by atoms with Gasteiger partial charge in [-0.25, -0.2) is 0 Å². The van der Waals surface area contributed by atoms with E-state index in [2.05, 4.69) is 39.9 Å². The number of carboxylic acids is 1. The van der Waals surface area contributed by atoms with Crippen LogP contribution in [-0.2, 0) is 9.59 Å². The summed E-state index contributed by atoms with van der Waals surface area (Å²) in [5.74, 6) is -0.523. The van der Waals surface area contributed by atoms with Gasteiger partial charge in [0.2, 0.25) is 5.91 Å². The zero-order valence-corrected chi connectivity index (χ0v) is 14.1. The zero-order chi connectivity index (χ0) is 16.6. The van der Waals surface area contributed by atoms with E-state index >= 15 is 0 Å². The molecule has 0 bridgehead atoms. The third kappa shape index (κ3) is 12.4. The second kappa shape index (κ2) is 9.03. The van der Waals surface area contributed by atoms with Crippen LogP contribution < -0.4 is 11.1 Å². The Hall–Kier alpha value is -1.10. The molecule has 4 N–H and O–H groups in total. The van der Waals surface area contributed by atoms with E-state index in [9.17, 15) is 9.59 Å². The molecule has 0 spiro atoms. The van der Waals surface area contributed by atoms with Crippen LogP contribution in [0, 0.1) is 17.3 Å². The second-order valence-corrected chi connectivity index (χ2v) is 7.63. The smallest absolute Gasteiger partial charge is 0.303 e. The molecule has 0 fully saturated rings. The van der Waals surface area contributed by atoms with Crippen molar-refractivity contribution >= 4 is 11.9 Å². The molecule has 0 aliphatic heterocycles. The van der Waals surface area contributed by atoms with Gasteiger partial charge in [-0.15, -0.1) is 0 Å². The molecule has 2 atom stereocenters. The molecule has 124 valence electrons. The maximum atomic E-state index is 11.9. The highest BCUT2D eigenvalue weighted by Crippen LogP contribution is 2.21. The average Bonchev–Trinajstić information content (AvgIpc) is 2.21. The highest BCUT2D eigenvalue weighted by Gasteiger charge is 2.20. The molecule has 0 saturated heterocycles. The summed E-state index contributed by atoms with van der Waals surface area (Å²) in [6.07, 6.45) is 1.96. The number of carbonyl (C=O) groups excluding carboxylic acids is 1. The SMILES string of the molecule is CC(C)CC(CNC(=O)CC(N)CC(C)(C)C)CC(=O)O. The first-order chi connectivity index (χ1) is 9.49. The molecule has 1 amide bonds. The predicted octanol–water partition coefficient (Wildman–Crippen LogP) is 2.39. The number of nitrogens with two attached hydrogens (primary N) is 1. The Bertz CT molecular complexity index is 335. The minimum absolute atomic E-state index is 0.0229. The first-order valence-corrected chi connectivity index (χ1v) is 7.73. The van der Waals surface area contributed by atoms with Crippen molar-refractivity contribution < 1.29 is 14.7 Å². The van der Waals surface area contributed by atoms with Crippen LogP contribution in [0.2, 0.25) is 0 Å². The summed E-state index contributed by atoms with van der Waals surface area (Å²) in [4.78, 5) is 22.7. The van der Waals surface area contributed by atoms with Gasteiger partial charge in [-0.1, -0.05) is 34.6 Å². The van der Waals surface area contributed by atoms with Gasteiger partial charge in [0.25, 0.3) is 0 Å². The van der Waals surface area contributed by atoms with Gasteiger partial charge in [0, 0.05) is 25.4 Å². The van der Waals surface area contributed by atoms with Crippen molar-refractivity contribution in [2.45, 2.75) is 66.3 Å². The largest absolute Gasteiger partial charge is 0.481 e. The summed E-state index contributed by atoms with van der Waals surface area (Å²) < 4.78 is 0. The Morgan fingerprint density at radius 2 is 1.76 bits per heavy atom. The van der Waals surface area contributed by atoms with E-state index in [1.54, 1.807) is 0 Å². The molecule has 0 aromatic rings. The molecule has 0 heterocycles. The molecule has 21 heavy (non-hydrogen) atoms. The van der Waals surface area contributed by atoms with Gasteiger partial charge >= 0.3 is 5.97 Å². The van der Waals surface area contributed by atoms with Gasteiger partial charge in [-0.3, -0.25) is 9.59 Å². The number of carboxylic acid groups (broad SMARTS) is 1. The third-order valence-electron chi connectivity index (χ3n) is 3.18. The lowest BCUT2D eigenvalue weighted by Gasteiger charge is -2.23. The molecule has 5 nitrogen and oxygen atoms in total. The van der Waals surface area contributed by atoms with Gasteiger partial charge in [0.15, 0.2) is 0 Å². The van der Waals surface area contributed by atoms with Crippen LogP contribution in [0.3, 0.4) is 0 Å². The van der Waals surface area contributed by atoms with Gasteiger partial charge in [-0.2, -0.15) is 0 Å². The molecule has 0 aliphatic rings. The predicted molar refractivity (Wildman–Crippen MR) is 84.9 cm³/mol. The normalized spacial score (nSPS) is 14.8. The Balaban J connectivity index is 4.20. The maximum absolute atomic E-state index is 11.9. The lowest BCUT2D eigenvalue weighted by molar-refractivity contribution is -0.138. The molecule has 0 saturated carbocycles. The Labute approximate surface area is 128 Å². The number of amides is 1. The van der Waals surface area contributed by atoms with E-state index in [-0.39, 0.29) is 29.7 Å². The second-order valence-electron chi connectivity index (χ2n) is 7.63. The van der Waals surface area contributed by atoms with E-state index in [1.807, 2.05) is 0 Å². The van der Waals surface area contributed by atoms with Crippen molar-refractivity contribution in [3.05, 3.63) is 0 Å². The standard InChI is InChI=1S/C16H32N2O3/c1-11(2)6-12(7-15(20)21)10-18-14(19)8-13(17)9-16(3,4)5/h11-13H,6-10,17H2,1-5H3,(H,18,19)(H,20,21). The third-order valence-corrected chi connectivity index (χ3v) is 3.18. The molecule has 2 unspecified atom stereocenters. The van der Waals surface area contributed by atoms with E-state index in [4.69, 9.17) is 10.8 Å². The van der Waals surface area contributed by atoms with Gasteiger partial charge in [-0.05, 0) is 30.1 Å². The van der Waals surface area contributed by atoms with Crippen molar-refractivity contribution in [1.82, 2.24) is 5.32 Å². The average molecular weight is 300 g/mol. The van der Waals surface area contributed by atoms with Crippen molar-refractivity contribution in [2.75, 3.05) is 6.54 Å². The highest BCUT2D eigenvalue weighted by molar-refractivity contribution is 5.76. The Morgan fingerprint density at radius 3 is 2.19 bits per heavy atom. The van der Waals surface area contributed by atoms with E-state index in [1.165, 1.54) is 0 Å². The number of aliphatic carboxylic acids is 1. The molecular weight excluding hydrogens is 268 g/mol. The maximum Gasteiger partial charge on any atom is 0.303 e. The molecule has 0 radical (unpaired) electrons. The lowest BCUT2D eigenvalue weighted by Crippen LogP contribution is -2.36. The molecule has 0 aliphatic carbocycles. The van der Waals surface area contributed by atoms with Gasteiger partial charge < -0.3 is 16.2 Å². The molecule has 0 rings (SSSR count). The number of hydrogen-bond donors (Lipinski definition) is 3. The lowest BCUT2D eigenvalue weighted by atomic mass is 9.87. The number of carbonyl (C=O) groups is 2. The van der Waals surface area contributed by atoms with Crippen LogP contribution in [0.15, 0.2) is 0 Å². The van der Waals surface area contributed by atoms with E-state index in [0.717, 1.165) is 12.8 Å². The fourth-order valence-electron chi connectivity index (χ4n) is 2.58. The van der Waals surface area contributed by atoms with Crippen LogP contribution in [0.4, 0.5) is 0 Å². The van der Waals surface area contributed by atoms with Crippen molar-refractivity contribution in [2.24, 2.45) is 23.0 Å². The monoisotopic (exact) mass is 300 g/mol. The highest BCUT2D eigenvalue weighted by atomic mass is 16.4. The fourth-order valence-corrected chi connectivity index (χ4v) is 2.58. The summed E-state index contributed by atoms with van der Waals surface area (Å²) in [5.41, 5.74) is 6.07. The van der Waals surface area contributed by atoms with Gasteiger partial charge in [0.05, 0.1) is 0 Å². The zero-order valence-electron chi connectivity index (χ0n) is 14.1. The first-order valence-electron chi connectivity index (χ1n) is 7.73. The summed E-state index contributed by atoms with van der Waals surface area (Å²) in [6, 6.07) is -0.159. The topological polar surface area (TPSA) is 92.4 Å². The molecule has 5 heteroatoms. The number of hydrogen-bond acceptors (Lipinski definition) is 3. The van der Waals surface area contributed by atoms with Crippen molar-refractivity contribution in [1.29, 1.82) is 0 Å². The minimum Gasteiger partial charge on any atom is -0.481 e. The number of rotatable bonds is 9. The molecular formula is C16H32N2O3. The Morgan fingerprint density at radius 1 is 1.19 bits per heavy atom. The van der Waals surface area contributed by atoms with Crippen LogP contribution in [0.25, 0.3) is 0 Å². The van der Waals surface area contributed by atoms with Crippen LogP contribution >= 0.6 is 0 Å². The van der Waals surface area contributed by atoms with Crippen LogP contribution in [-0.4, -0.2) is 29.6 Å². The van der Waals surface area contributed by atoms with Crippen LogP contribution in [0.5, 0.6) is 0 Å². The quantitative estimate of drug-likeness (QED) is 0.609. The van der Waals surface area contributed by atoms with E-state index < -0.39 is 5.97 Å². The minimum atomic E-state index is -0.820. The van der Waals surface area contributed by atoms with Crippen molar-refractivity contribution in [3.8, 4) is 0 Å². The summed E-state index contributed by atoms with van der Waals surface area (Å²) in [6.45, 7) is 10.8. The first kappa shape index (κ1) is 19.9.